The summed E-state index contributed by atoms with van der Waals surface area (Å²) in [5.74, 6) is 0.00339. The maximum Gasteiger partial charge on any atom is 0.228 e. The molecular formula is C21H23N3O2. The number of pyridine rings is 1. The Balaban J connectivity index is 1.33. The van der Waals surface area contributed by atoms with Crippen LogP contribution in [-0.2, 0) is 16.0 Å². The zero-order valence-electron chi connectivity index (χ0n) is 14.7. The Hall–Kier alpha value is -2.66. The molecule has 0 spiro atoms. The molecule has 0 radical (unpaired) electrons. The lowest BCUT2D eigenvalue weighted by atomic mass is 10.1. The van der Waals surface area contributed by atoms with E-state index in [4.69, 9.17) is 4.74 Å². The molecule has 0 aliphatic carbocycles. The van der Waals surface area contributed by atoms with Crippen LogP contribution < -0.4 is 5.32 Å². The summed E-state index contributed by atoms with van der Waals surface area (Å²) in [7, 11) is 0. The van der Waals surface area contributed by atoms with Crippen molar-refractivity contribution in [2.24, 2.45) is 0 Å². The third kappa shape index (κ3) is 3.94. The number of hydrogen-bond acceptors (Lipinski definition) is 4. The fraction of sp³-hybridized carbons (Fsp3) is 0.333. The molecule has 0 saturated carbocycles. The minimum atomic E-state index is 0.00339. The molecule has 1 fully saturated rings. The number of carbonyl (C=O) groups is 1. The molecule has 0 unspecified atom stereocenters. The Morgan fingerprint density at radius 2 is 2.15 bits per heavy atom. The lowest BCUT2D eigenvalue weighted by Gasteiger charge is -2.34. The van der Waals surface area contributed by atoms with Gasteiger partial charge in [-0.3, -0.25) is 9.78 Å². The summed E-state index contributed by atoms with van der Waals surface area (Å²) >= 11 is 0. The first kappa shape index (κ1) is 16.8. The fourth-order valence-corrected chi connectivity index (χ4v) is 3.51. The quantitative estimate of drug-likeness (QED) is 0.922. The maximum absolute atomic E-state index is 12.4. The molecule has 0 atom stereocenters. The van der Waals surface area contributed by atoms with Crippen LogP contribution in [0.1, 0.15) is 18.4 Å². The van der Waals surface area contributed by atoms with Crippen LogP contribution in [0.25, 0.3) is 10.9 Å². The van der Waals surface area contributed by atoms with Gasteiger partial charge in [-0.25, -0.2) is 0 Å². The number of rotatable bonds is 4. The summed E-state index contributed by atoms with van der Waals surface area (Å²) in [6, 6.07) is 10.4. The van der Waals surface area contributed by atoms with Gasteiger partial charge in [0.05, 0.1) is 11.9 Å². The van der Waals surface area contributed by atoms with E-state index < -0.39 is 0 Å². The van der Waals surface area contributed by atoms with Crippen molar-refractivity contribution in [3.63, 3.8) is 0 Å². The van der Waals surface area contributed by atoms with E-state index in [1.54, 1.807) is 6.20 Å². The highest BCUT2D eigenvalue weighted by atomic mass is 16.5. The Labute approximate surface area is 153 Å². The Morgan fingerprint density at radius 1 is 1.27 bits per heavy atom. The minimum Gasteiger partial charge on any atom is -0.381 e. The minimum absolute atomic E-state index is 0.00339. The first-order chi connectivity index (χ1) is 12.8. The summed E-state index contributed by atoms with van der Waals surface area (Å²) < 4.78 is 5.42. The van der Waals surface area contributed by atoms with Crippen LogP contribution in [0.3, 0.4) is 0 Å². The number of benzene rings is 1. The van der Waals surface area contributed by atoms with Crippen molar-refractivity contribution in [3.05, 3.63) is 66.1 Å². The van der Waals surface area contributed by atoms with Crippen LogP contribution in [0.4, 0.5) is 0 Å². The summed E-state index contributed by atoms with van der Waals surface area (Å²) in [6.45, 7) is 2.51. The van der Waals surface area contributed by atoms with Crippen LogP contribution in [0.15, 0.2) is 60.6 Å². The molecule has 2 aliphatic rings. The van der Waals surface area contributed by atoms with E-state index in [-0.39, 0.29) is 5.91 Å². The van der Waals surface area contributed by atoms with Crippen molar-refractivity contribution in [3.8, 4) is 0 Å². The molecule has 1 saturated heterocycles. The Kier molecular flexibility index (Phi) is 4.97. The SMILES string of the molecule is O=C(Cc1ccc2ncccc2c1)NC1=CCN(C2CCOCC2)C=C1. The average Bonchev–Trinajstić information content (AvgIpc) is 2.69. The predicted molar refractivity (Wildman–Crippen MR) is 101 cm³/mol. The van der Waals surface area contributed by atoms with Crippen LogP contribution in [0.5, 0.6) is 0 Å². The molecule has 1 aromatic carbocycles. The van der Waals surface area contributed by atoms with Crippen molar-refractivity contribution in [2.75, 3.05) is 19.8 Å². The second kappa shape index (κ2) is 7.70. The number of amides is 1. The monoisotopic (exact) mass is 349 g/mol. The lowest BCUT2D eigenvalue weighted by Crippen LogP contribution is -2.38. The number of nitrogens with zero attached hydrogens (tertiary/aromatic N) is 2. The van der Waals surface area contributed by atoms with E-state index >= 15 is 0 Å². The maximum atomic E-state index is 12.4. The van der Waals surface area contributed by atoms with Gasteiger partial charge >= 0.3 is 0 Å². The summed E-state index contributed by atoms with van der Waals surface area (Å²) in [5.41, 5.74) is 2.82. The highest BCUT2D eigenvalue weighted by Crippen LogP contribution is 2.18. The number of nitrogens with one attached hydrogen (secondary N) is 1. The standard InChI is InChI=1S/C21H23N3O2/c25-21(15-16-3-4-20-17(14-16)2-1-9-22-20)23-18-5-10-24(11-6-18)19-7-12-26-13-8-19/h1-6,9-10,14,19H,7-8,11-13,15H2,(H,23,25). The summed E-state index contributed by atoms with van der Waals surface area (Å²) in [4.78, 5) is 19.0. The number of ether oxygens (including phenoxy) is 1. The van der Waals surface area contributed by atoms with Crippen molar-refractivity contribution >= 4 is 16.8 Å². The van der Waals surface area contributed by atoms with Crippen LogP contribution in [0, 0.1) is 0 Å². The molecule has 5 nitrogen and oxygen atoms in total. The van der Waals surface area contributed by atoms with Crippen LogP contribution >= 0.6 is 0 Å². The molecule has 1 aromatic heterocycles. The molecule has 3 heterocycles. The zero-order chi connectivity index (χ0) is 17.8. The molecule has 2 aromatic rings. The highest BCUT2D eigenvalue weighted by Gasteiger charge is 2.20. The molecule has 5 heteroatoms. The van der Waals surface area contributed by atoms with Crippen molar-refractivity contribution in [2.45, 2.75) is 25.3 Å². The first-order valence-electron chi connectivity index (χ1n) is 9.13. The van der Waals surface area contributed by atoms with E-state index in [2.05, 4.69) is 27.5 Å². The number of allylic oxidation sites excluding steroid dienone is 1. The topological polar surface area (TPSA) is 54.5 Å². The predicted octanol–water partition coefficient (Wildman–Crippen LogP) is 2.79. The Morgan fingerprint density at radius 3 is 2.96 bits per heavy atom. The number of hydrogen-bond donors (Lipinski definition) is 1. The van der Waals surface area contributed by atoms with Crippen LogP contribution in [-0.4, -0.2) is 41.6 Å². The molecule has 4 rings (SSSR count). The van der Waals surface area contributed by atoms with Gasteiger partial charge in [0.15, 0.2) is 0 Å². The second-order valence-electron chi connectivity index (χ2n) is 6.77. The van der Waals surface area contributed by atoms with Gasteiger partial charge in [-0.2, -0.15) is 0 Å². The average molecular weight is 349 g/mol. The Bertz CT molecular complexity index is 853. The molecule has 26 heavy (non-hydrogen) atoms. The second-order valence-corrected chi connectivity index (χ2v) is 6.77. The highest BCUT2D eigenvalue weighted by molar-refractivity contribution is 5.84. The third-order valence-corrected chi connectivity index (χ3v) is 4.94. The van der Waals surface area contributed by atoms with Gasteiger partial charge in [0.1, 0.15) is 0 Å². The van der Waals surface area contributed by atoms with Crippen LogP contribution in [0.2, 0.25) is 0 Å². The van der Waals surface area contributed by atoms with Gasteiger partial charge in [0.25, 0.3) is 0 Å². The van der Waals surface area contributed by atoms with Crippen molar-refractivity contribution < 1.29 is 9.53 Å². The van der Waals surface area contributed by atoms with E-state index in [1.165, 1.54) is 0 Å². The van der Waals surface area contributed by atoms with Gasteiger partial charge in [0.2, 0.25) is 5.91 Å². The molecule has 2 aliphatic heterocycles. The fourth-order valence-electron chi connectivity index (χ4n) is 3.51. The van der Waals surface area contributed by atoms with E-state index in [1.807, 2.05) is 36.4 Å². The van der Waals surface area contributed by atoms with Gasteiger partial charge < -0.3 is 15.0 Å². The third-order valence-electron chi connectivity index (χ3n) is 4.94. The molecular weight excluding hydrogens is 326 g/mol. The van der Waals surface area contributed by atoms with Gasteiger partial charge in [-0.05, 0) is 48.8 Å². The molecule has 134 valence electrons. The van der Waals surface area contributed by atoms with Crippen molar-refractivity contribution in [1.29, 1.82) is 0 Å². The zero-order valence-corrected chi connectivity index (χ0v) is 14.7. The number of aromatic nitrogens is 1. The normalized spacial score (nSPS) is 18.0. The smallest absolute Gasteiger partial charge is 0.228 e. The molecule has 1 amide bonds. The van der Waals surface area contributed by atoms with E-state index in [0.717, 1.165) is 54.8 Å². The van der Waals surface area contributed by atoms with E-state index in [9.17, 15) is 4.79 Å². The van der Waals surface area contributed by atoms with Crippen molar-refractivity contribution in [1.82, 2.24) is 15.2 Å². The number of carbonyl (C=O) groups excluding carboxylic acids is 1. The van der Waals surface area contributed by atoms with Gasteiger partial charge in [-0.1, -0.05) is 12.1 Å². The van der Waals surface area contributed by atoms with E-state index in [0.29, 0.717) is 12.5 Å². The summed E-state index contributed by atoms with van der Waals surface area (Å²) in [5, 5.41) is 4.06. The largest absolute Gasteiger partial charge is 0.381 e. The van der Waals surface area contributed by atoms with Gasteiger partial charge in [0, 0.05) is 49.3 Å². The number of fused-ring (bicyclic) bond motifs is 1. The lowest BCUT2D eigenvalue weighted by molar-refractivity contribution is -0.119. The molecule has 0 bridgehead atoms. The molecule has 1 N–H and O–H groups in total. The van der Waals surface area contributed by atoms with Gasteiger partial charge in [-0.15, -0.1) is 0 Å². The first-order valence-corrected chi connectivity index (χ1v) is 9.13. The summed E-state index contributed by atoms with van der Waals surface area (Å²) in [6.07, 6.45) is 10.4.